The molecule has 1 aliphatic heterocycles. The molecule has 2 aliphatic rings. The molecule has 4 nitrogen and oxygen atoms in total. The lowest BCUT2D eigenvalue weighted by atomic mass is 10.2. The first-order valence-electron chi connectivity index (χ1n) is 7.31. The van der Waals surface area contributed by atoms with Gasteiger partial charge in [0.15, 0.2) is 0 Å². The van der Waals surface area contributed by atoms with Crippen LogP contribution in [0.5, 0.6) is 0 Å². The summed E-state index contributed by atoms with van der Waals surface area (Å²) in [6, 6.07) is 0. The third kappa shape index (κ3) is 4.50. The molecule has 1 saturated carbocycles. The molecule has 0 amide bonds. The van der Waals surface area contributed by atoms with Gasteiger partial charge in [-0.05, 0) is 26.7 Å². The minimum absolute atomic E-state index is 0.261. The third-order valence-corrected chi connectivity index (χ3v) is 3.79. The number of nitrogens with zero attached hydrogens (tertiary/aromatic N) is 1. The summed E-state index contributed by atoms with van der Waals surface area (Å²) in [5.74, 6) is 0. The largest absolute Gasteiger partial charge is 0.389 e. The second kappa shape index (κ2) is 6.85. The Kier molecular flexibility index (Phi) is 5.42. The summed E-state index contributed by atoms with van der Waals surface area (Å²) in [5.41, 5.74) is 0. The van der Waals surface area contributed by atoms with Crippen LogP contribution in [0.25, 0.3) is 0 Å². The number of aliphatic hydroxyl groups excluding tert-OH is 1. The number of rotatable bonds is 5. The Hall–Kier alpha value is -0.160. The molecule has 3 atom stereocenters. The van der Waals surface area contributed by atoms with E-state index in [0.717, 1.165) is 13.1 Å². The second-order valence-electron chi connectivity index (χ2n) is 5.87. The summed E-state index contributed by atoms with van der Waals surface area (Å²) in [4.78, 5) is 2.28. The summed E-state index contributed by atoms with van der Waals surface area (Å²) in [6.45, 7) is 7.17. The molecule has 18 heavy (non-hydrogen) atoms. The van der Waals surface area contributed by atoms with Gasteiger partial charge >= 0.3 is 0 Å². The molecule has 1 N–H and O–H groups in total. The van der Waals surface area contributed by atoms with Crippen molar-refractivity contribution in [2.24, 2.45) is 0 Å². The Balaban J connectivity index is 1.64. The quantitative estimate of drug-likeness (QED) is 0.809. The van der Waals surface area contributed by atoms with Crippen LogP contribution in [-0.4, -0.2) is 60.7 Å². The van der Waals surface area contributed by atoms with Crippen molar-refractivity contribution in [3.63, 3.8) is 0 Å². The summed E-state index contributed by atoms with van der Waals surface area (Å²) in [6.07, 6.45) is 5.42. The van der Waals surface area contributed by atoms with Gasteiger partial charge in [-0.1, -0.05) is 12.8 Å². The molecule has 4 heteroatoms. The first-order chi connectivity index (χ1) is 8.63. The maximum atomic E-state index is 10.0. The molecule has 0 radical (unpaired) electrons. The maximum Gasteiger partial charge on any atom is 0.0900 e. The van der Waals surface area contributed by atoms with Crippen molar-refractivity contribution in [3.8, 4) is 0 Å². The van der Waals surface area contributed by atoms with Crippen LogP contribution in [0.4, 0.5) is 0 Å². The average molecular weight is 257 g/mol. The molecule has 2 fully saturated rings. The lowest BCUT2D eigenvalue weighted by Gasteiger charge is -2.36. The Morgan fingerprint density at radius 3 is 2.44 bits per heavy atom. The van der Waals surface area contributed by atoms with E-state index in [4.69, 9.17) is 9.47 Å². The molecule has 2 rings (SSSR count). The van der Waals surface area contributed by atoms with Crippen LogP contribution in [0.2, 0.25) is 0 Å². The van der Waals surface area contributed by atoms with E-state index in [1.54, 1.807) is 0 Å². The molecule has 106 valence electrons. The molecule has 0 aromatic heterocycles. The minimum Gasteiger partial charge on any atom is -0.389 e. The monoisotopic (exact) mass is 257 g/mol. The smallest absolute Gasteiger partial charge is 0.0900 e. The lowest BCUT2D eigenvalue weighted by Crippen LogP contribution is -2.48. The molecular weight excluding hydrogens is 230 g/mol. The van der Waals surface area contributed by atoms with E-state index in [2.05, 4.69) is 18.7 Å². The average Bonchev–Trinajstić information content (AvgIpc) is 2.77. The van der Waals surface area contributed by atoms with Crippen LogP contribution in [0.1, 0.15) is 39.5 Å². The maximum absolute atomic E-state index is 10.0. The molecule has 1 heterocycles. The van der Waals surface area contributed by atoms with E-state index in [-0.39, 0.29) is 18.3 Å². The van der Waals surface area contributed by atoms with E-state index in [1.165, 1.54) is 25.7 Å². The fourth-order valence-corrected chi connectivity index (χ4v) is 3.09. The van der Waals surface area contributed by atoms with Crippen molar-refractivity contribution in [3.05, 3.63) is 0 Å². The summed E-state index contributed by atoms with van der Waals surface area (Å²) < 4.78 is 11.4. The fraction of sp³-hybridized carbons (Fsp3) is 1.00. The summed E-state index contributed by atoms with van der Waals surface area (Å²) >= 11 is 0. The number of β-amino-alcohol motifs (C(OH)–C–C–N with tert-alkyl or cyclic N) is 1. The zero-order chi connectivity index (χ0) is 13.0. The zero-order valence-electron chi connectivity index (χ0n) is 11.7. The first kappa shape index (κ1) is 14.3. The van der Waals surface area contributed by atoms with Gasteiger partial charge < -0.3 is 14.6 Å². The number of aliphatic hydroxyl groups is 1. The van der Waals surface area contributed by atoms with Crippen LogP contribution in [0, 0.1) is 0 Å². The van der Waals surface area contributed by atoms with Crippen molar-refractivity contribution >= 4 is 0 Å². The van der Waals surface area contributed by atoms with E-state index >= 15 is 0 Å². The van der Waals surface area contributed by atoms with Gasteiger partial charge in [0, 0.05) is 19.6 Å². The number of ether oxygens (including phenoxy) is 2. The number of morpholine rings is 1. The highest BCUT2D eigenvalue weighted by Gasteiger charge is 2.24. The van der Waals surface area contributed by atoms with Gasteiger partial charge in [-0.2, -0.15) is 0 Å². The van der Waals surface area contributed by atoms with Crippen LogP contribution in [0.15, 0.2) is 0 Å². The molecular formula is C14H27NO3. The Morgan fingerprint density at radius 2 is 1.83 bits per heavy atom. The summed E-state index contributed by atoms with van der Waals surface area (Å²) in [7, 11) is 0. The van der Waals surface area contributed by atoms with Crippen LogP contribution in [-0.2, 0) is 9.47 Å². The first-order valence-corrected chi connectivity index (χ1v) is 7.31. The van der Waals surface area contributed by atoms with Gasteiger partial charge in [-0.25, -0.2) is 0 Å². The molecule has 1 aliphatic carbocycles. The van der Waals surface area contributed by atoms with Gasteiger partial charge in [0.05, 0.1) is 31.0 Å². The van der Waals surface area contributed by atoms with Gasteiger partial charge in [0.25, 0.3) is 0 Å². The molecule has 3 unspecified atom stereocenters. The van der Waals surface area contributed by atoms with Crippen molar-refractivity contribution in [1.29, 1.82) is 0 Å². The SMILES string of the molecule is CC1CN(CC(O)COC2CCCC2)CC(C)O1. The molecule has 0 bridgehead atoms. The van der Waals surface area contributed by atoms with Crippen LogP contribution in [0.3, 0.4) is 0 Å². The predicted octanol–water partition coefficient (Wildman–Crippen LogP) is 1.42. The number of hydrogen-bond acceptors (Lipinski definition) is 4. The highest BCUT2D eigenvalue weighted by atomic mass is 16.5. The van der Waals surface area contributed by atoms with Crippen molar-refractivity contribution < 1.29 is 14.6 Å². The van der Waals surface area contributed by atoms with Crippen molar-refractivity contribution in [2.45, 2.75) is 63.9 Å². The zero-order valence-corrected chi connectivity index (χ0v) is 11.7. The van der Waals surface area contributed by atoms with E-state index < -0.39 is 0 Å². The van der Waals surface area contributed by atoms with Gasteiger partial charge in [0.2, 0.25) is 0 Å². The van der Waals surface area contributed by atoms with E-state index in [9.17, 15) is 5.11 Å². The Morgan fingerprint density at radius 1 is 1.22 bits per heavy atom. The van der Waals surface area contributed by atoms with Gasteiger partial charge in [-0.15, -0.1) is 0 Å². The Bertz CT molecular complexity index is 233. The highest BCUT2D eigenvalue weighted by molar-refractivity contribution is 4.76. The minimum atomic E-state index is -0.372. The highest BCUT2D eigenvalue weighted by Crippen LogP contribution is 2.21. The fourth-order valence-electron chi connectivity index (χ4n) is 3.09. The summed E-state index contributed by atoms with van der Waals surface area (Å²) in [5, 5.41) is 10.0. The molecule has 1 saturated heterocycles. The lowest BCUT2D eigenvalue weighted by molar-refractivity contribution is -0.0854. The molecule has 0 spiro atoms. The van der Waals surface area contributed by atoms with Crippen molar-refractivity contribution in [1.82, 2.24) is 4.90 Å². The van der Waals surface area contributed by atoms with Gasteiger partial charge in [0.1, 0.15) is 0 Å². The number of hydrogen-bond donors (Lipinski definition) is 1. The standard InChI is InChI=1S/C14H27NO3/c1-11-7-15(8-12(2)18-11)9-13(16)10-17-14-5-3-4-6-14/h11-14,16H,3-10H2,1-2H3. The van der Waals surface area contributed by atoms with Gasteiger partial charge in [-0.3, -0.25) is 4.90 Å². The second-order valence-corrected chi connectivity index (χ2v) is 5.87. The topological polar surface area (TPSA) is 41.9 Å². The van der Waals surface area contributed by atoms with Crippen LogP contribution < -0.4 is 0 Å². The van der Waals surface area contributed by atoms with Crippen LogP contribution >= 0.6 is 0 Å². The molecule has 0 aromatic carbocycles. The Labute approximate surface area is 110 Å². The van der Waals surface area contributed by atoms with E-state index in [1.807, 2.05) is 0 Å². The third-order valence-electron chi connectivity index (χ3n) is 3.79. The normalized spacial score (nSPS) is 32.8. The van der Waals surface area contributed by atoms with Crippen molar-refractivity contribution in [2.75, 3.05) is 26.2 Å². The molecule has 0 aromatic rings. The predicted molar refractivity (Wildman–Crippen MR) is 70.7 cm³/mol. The van der Waals surface area contributed by atoms with E-state index in [0.29, 0.717) is 19.3 Å².